The standard InChI is InChI=1S/C50H31NOS/c1-3-15-39-32(10-1)12-8-18-40(39)34-22-25-36(26-23-34)51(38-27-29-44-43-17-5-6-21-47(43)53-48(44)31-38)37-14-7-13-35(30-37)41-19-9-20-46-49(41)45-28-24-33-11-2-4-16-42(33)50(45)52-46/h1-31H. The average Bonchev–Trinajstić information content (AvgIpc) is 3.80. The Labute approximate surface area is 310 Å². The van der Waals surface area contributed by atoms with Crippen LogP contribution in [0, 0.1) is 0 Å². The molecule has 11 aromatic rings. The molecule has 0 atom stereocenters. The fourth-order valence-corrected chi connectivity index (χ4v) is 9.31. The van der Waals surface area contributed by atoms with Gasteiger partial charge in [-0.15, -0.1) is 11.3 Å². The van der Waals surface area contributed by atoms with Crippen LogP contribution in [0.2, 0.25) is 0 Å². The predicted octanol–water partition coefficient (Wildman–Crippen LogP) is 15.1. The summed E-state index contributed by atoms with van der Waals surface area (Å²) in [5.74, 6) is 0. The van der Waals surface area contributed by atoms with Gasteiger partial charge >= 0.3 is 0 Å². The van der Waals surface area contributed by atoms with Gasteiger partial charge in [-0.05, 0) is 93.0 Å². The average molecular weight is 694 g/mol. The highest BCUT2D eigenvalue weighted by atomic mass is 32.1. The second-order valence-corrected chi connectivity index (χ2v) is 14.8. The van der Waals surface area contributed by atoms with Crippen molar-refractivity contribution in [1.82, 2.24) is 0 Å². The van der Waals surface area contributed by atoms with Gasteiger partial charge in [0.25, 0.3) is 0 Å². The molecule has 0 saturated heterocycles. The topological polar surface area (TPSA) is 16.4 Å². The first-order valence-electron chi connectivity index (χ1n) is 18.0. The number of hydrogen-bond acceptors (Lipinski definition) is 3. The van der Waals surface area contributed by atoms with Crippen molar-refractivity contribution in [3.05, 3.63) is 188 Å². The minimum Gasteiger partial charge on any atom is -0.455 e. The van der Waals surface area contributed by atoms with Crippen LogP contribution in [0.15, 0.2) is 192 Å². The summed E-state index contributed by atoms with van der Waals surface area (Å²) in [4.78, 5) is 2.39. The Hall–Kier alpha value is -6.68. The quantitative estimate of drug-likeness (QED) is 0.178. The number of nitrogens with zero attached hydrogens (tertiary/aromatic N) is 1. The molecule has 2 heterocycles. The molecule has 0 radical (unpaired) electrons. The third kappa shape index (κ3) is 4.86. The van der Waals surface area contributed by atoms with E-state index in [9.17, 15) is 0 Å². The van der Waals surface area contributed by atoms with E-state index in [4.69, 9.17) is 4.42 Å². The van der Waals surface area contributed by atoms with E-state index in [-0.39, 0.29) is 0 Å². The molecule has 0 saturated carbocycles. The van der Waals surface area contributed by atoms with Gasteiger partial charge in [0, 0.05) is 53.4 Å². The molecule has 0 spiro atoms. The van der Waals surface area contributed by atoms with Gasteiger partial charge in [-0.25, -0.2) is 0 Å². The van der Waals surface area contributed by atoms with Crippen molar-refractivity contribution >= 4 is 92.1 Å². The number of benzene rings is 9. The summed E-state index contributed by atoms with van der Waals surface area (Å²) < 4.78 is 9.16. The first-order chi connectivity index (χ1) is 26.3. The van der Waals surface area contributed by atoms with Crippen molar-refractivity contribution in [3.8, 4) is 22.3 Å². The Kier molecular flexibility index (Phi) is 6.76. The fraction of sp³-hybridized carbons (Fsp3) is 0. The molecule has 0 aliphatic rings. The molecule has 0 fully saturated rings. The van der Waals surface area contributed by atoms with Crippen LogP contribution < -0.4 is 4.90 Å². The summed E-state index contributed by atoms with van der Waals surface area (Å²) in [7, 11) is 0. The van der Waals surface area contributed by atoms with Crippen LogP contribution in [-0.4, -0.2) is 0 Å². The molecule has 0 amide bonds. The van der Waals surface area contributed by atoms with E-state index < -0.39 is 0 Å². The lowest BCUT2D eigenvalue weighted by atomic mass is 9.97. The van der Waals surface area contributed by atoms with Gasteiger partial charge in [0.2, 0.25) is 0 Å². The van der Waals surface area contributed by atoms with Gasteiger partial charge in [-0.1, -0.05) is 133 Å². The number of thiophene rings is 1. The van der Waals surface area contributed by atoms with Crippen molar-refractivity contribution in [2.45, 2.75) is 0 Å². The zero-order chi connectivity index (χ0) is 34.9. The van der Waals surface area contributed by atoms with Crippen molar-refractivity contribution in [1.29, 1.82) is 0 Å². The summed E-state index contributed by atoms with van der Waals surface area (Å²) in [6, 6.07) is 68.0. The minimum atomic E-state index is 0.898. The summed E-state index contributed by atoms with van der Waals surface area (Å²) >= 11 is 1.85. The SMILES string of the molecule is c1cc(-c2cccc3oc4c5ccccc5ccc4c23)cc(N(c2ccc(-c3cccc4ccccc34)cc2)c2ccc3c(c2)sc2ccccc23)c1. The Morgan fingerprint density at radius 1 is 0.377 bits per heavy atom. The van der Waals surface area contributed by atoms with Gasteiger partial charge in [0.05, 0.1) is 0 Å². The van der Waals surface area contributed by atoms with E-state index in [1.807, 2.05) is 11.3 Å². The number of furan rings is 1. The molecule has 11 rings (SSSR count). The maximum atomic E-state index is 6.58. The van der Waals surface area contributed by atoms with E-state index in [1.165, 1.54) is 47.5 Å². The Balaban J connectivity index is 1.08. The maximum absolute atomic E-state index is 6.58. The zero-order valence-electron chi connectivity index (χ0n) is 28.7. The van der Waals surface area contributed by atoms with Crippen LogP contribution >= 0.6 is 11.3 Å². The largest absolute Gasteiger partial charge is 0.455 e. The van der Waals surface area contributed by atoms with Crippen LogP contribution in [0.25, 0.3) is 85.9 Å². The molecular weight excluding hydrogens is 663 g/mol. The van der Waals surface area contributed by atoms with Gasteiger partial charge in [0.15, 0.2) is 0 Å². The molecule has 0 aliphatic heterocycles. The molecule has 0 unspecified atom stereocenters. The van der Waals surface area contributed by atoms with Gasteiger partial charge < -0.3 is 9.32 Å². The lowest BCUT2D eigenvalue weighted by Gasteiger charge is -2.26. The van der Waals surface area contributed by atoms with Crippen LogP contribution in [0.3, 0.4) is 0 Å². The summed E-state index contributed by atoms with van der Waals surface area (Å²) in [6.45, 7) is 0. The highest BCUT2D eigenvalue weighted by Crippen LogP contribution is 2.44. The molecule has 3 heteroatoms. The number of rotatable bonds is 5. The van der Waals surface area contributed by atoms with Gasteiger partial charge in [0.1, 0.15) is 11.2 Å². The van der Waals surface area contributed by atoms with Crippen molar-refractivity contribution in [2.75, 3.05) is 4.90 Å². The first kappa shape index (κ1) is 30.0. The van der Waals surface area contributed by atoms with Crippen LogP contribution in [0.5, 0.6) is 0 Å². The van der Waals surface area contributed by atoms with Gasteiger partial charge in [-0.2, -0.15) is 0 Å². The second kappa shape index (κ2) is 11.9. The highest BCUT2D eigenvalue weighted by molar-refractivity contribution is 7.25. The molecule has 9 aromatic carbocycles. The van der Waals surface area contributed by atoms with E-state index in [1.54, 1.807) is 0 Å². The molecule has 2 aromatic heterocycles. The molecule has 0 aliphatic carbocycles. The Bertz CT molecular complexity index is 3180. The summed E-state index contributed by atoms with van der Waals surface area (Å²) in [5, 5.41) is 9.70. The highest BCUT2D eigenvalue weighted by Gasteiger charge is 2.19. The van der Waals surface area contributed by atoms with Gasteiger partial charge in [-0.3, -0.25) is 0 Å². The van der Waals surface area contributed by atoms with Crippen LogP contribution in [0.1, 0.15) is 0 Å². The zero-order valence-corrected chi connectivity index (χ0v) is 29.5. The third-order valence-corrected chi connectivity index (χ3v) is 11.8. The van der Waals surface area contributed by atoms with E-state index in [0.29, 0.717) is 0 Å². The monoisotopic (exact) mass is 693 g/mol. The maximum Gasteiger partial charge on any atom is 0.143 e. The smallest absolute Gasteiger partial charge is 0.143 e. The molecule has 53 heavy (non-hydrogen) atoms. The third-order valence-electron chi connectivity index (χ3n) is 10.6. The lowest BCUT2D eigenvalue weighted by molar-refractivity contribution is 0.673. The lowest BCUT2D eigenvalue weighted by Crippen LogP contribution is -2.10. The number of hydrogen-bond donors (Lipinski definition) is 0. The number of fused-ring (bicyclic) bond motifs is 9. The molecular formula is C50H31NOS. The van der Waals surface area contributed by atoms with Crippen molar-refractivity contribution < 1.29 is 4.42 Å². The van der Waals surface area contributed by atoms with Crippen molar-refractivity contribution in [2.24, 2.45) is 0 Å². The second-order valence-electron chi connectivity index (χ2n) is 13.7. The fourth-order valence-electron chi connectivity index (χ4n) is 8.17. The molecule has 248 valence electrons. The summed E-state index contributed by atoms with van der Waals surface area (Å²) in [6.07, 6.45) is 0. The van der Waals surface area contributed by atoms with E-state index in [2.05, 4.69) is 193 Å². The first-order valence-corrected chi connectivity index (χ1v) is 18.8. The Morgan fingerprint density at radius 3 is 1.91 bits per heavy atom. The number of anilines is 3. The van der Waals surface area contributed by atoms with Crippen LogP contribution in [0.4, 0.5) is 17.1 Å². The predicted molar refractivity (Wildman–Crippen MR) is 227 cm³/mol. The minimum absolute atomic E-state index is 0.898. The Morgan fingerprint density at radius 2 is 1.02 bits per heavy atom. The van der Waals surface area contributed by atoms with Crippen LogP contribution in [-0.2, 0) is 0 Å². The molecule has 0 bridgehead atoms. The van der Waals surface area contributed by atoms with E-state index in [0.717, 1.165) is 55.5 Å². The van der Waals surface area contributed by atoms with Crippen molar-refractivity contribution in [3.63, 3.8) is 0 Å². The summed E-state index contributed by atoms with van der Waals surface area (Å²) in [5.41, 5.74) is 9.89. The van der Waals surface area contributed by atoms with E-state index >= 15 is 0 Å². The molecule has 2 nitrogen and oxygen atoms in total. The molecule has 0 N–H and O–H groups in total. The normalized spacial score (nSPS) is 11.8.